The fourth-order valence-electron chi connectivity index (χ4n) is 2.30. The highest BCUT2D eigenvalue weighted by atomic mass is 32.2. The van der Waals surface area contributed by atoms with E-state index < -0.39 is 22.5 Å². The molecule has 0 aliphatic rings. The molecule has 2 aromatic rings. The molecule has 7 nitrogen and oxygen atoms in total. The Kier molecular flexibility index (Phi) is 6.20. The second-order valence-corrected chi connectivity index (χ2v) is 7.31. The Labute approximate surface area is 152 Å². The van der Waals surface area contributed by atoms with Crippen LogP contribution >= 0.6 is 0 Å². The largest absolute Gasteiger partial charge is 0.494 e. The molecule has 0 aliphatic carbocycles. The second kappa shape index (κ2) is 8.36. The van der Waals surface area contributed by atoms with Gasteiger partial charge in [0.05, 0.1) is 24.1 Å². The molecule has 2 rings (SSSR count). The number of carbonyl (C=O) groups excluding carboxylic acids is 1. The first-order chi connectivity index (χ1) is 12.3. The van der Waals surface area contributed by atoms with Crippen molar-refractivity contribution in [3.8, 4) is 11.8 Å². The third-order valence-electron chi connectivity index (χ3n) is 3.43. The van der Waals surface area contributed by atoms with Crippen molar-refractivity contribution in [1.82, 2.24) is 0 Å². The molecule has 1 N–H and O–H groups in total. The number of benzene rings is 2. The number of nitriles is 1. The van der Waals surface area contributed by atoms with E-state index in [1.54, 1.807) is 36.4 Å². The molecule has 0 atom stereocenters. The Bertz CT molecular complexity index is 918. The Balaban J connectivity index is 2.19. The number of para-hydroxylation sites is 1. The fraction of sp³-hybridized carbons (Fsp3) is 0.222. The van der Waals surface area contributed by atoms with Crippen LogP contribution in [0.2, 0.25) is 0 Å². The summed E-state index contributed by atoms with van der Waals surface area (Å²) in [5, 5.41) is 11.8. The van der Waals surface area contributed by atoms with Gasteiger partial charge in [-0.05, 0) is 43.3 Å². The standard InChI is InChI=1S/C18H19N3O4S/c1-3-25-16-10-8-15(9-11-16)20-18(22)13-21(26(2,23)24)17-7-5-4-6-14(17)12-19/h4-11H,3,13H2,1-2H3,(H,20,22). The number of nitrogens with one attached hydrogen (secondary N) is 1. The third-order valence-corrected chi connectivity index (χ3v) is 4.56. The van der Waals surface area contributed by atoms with Gasteiger partial charge in [0.2, 0.25) is 15.9 Å². The zero-order valence-corrected chi connectivity index (χ0v) is 15.3. The van der Waals surface area contributed by atoms with Gasteiger partial charge in [-0.3, -0.25) is 9.10 Å². The number of ether oxygens (including phenoxy) is 1. The first-order valence-electron chi connectivity index (χ1n) is 7.84. The van der Waals surface area contributed by atoms with Crippen LogP contribution in [0.1, 0.15) is 12.5 Å². The van der Waals surface area contributed by atoms with Gasteiger partial charge in [-0.2, -0.15) is 5.26 Å². The zero-order chi connectivity index (χ0) is 19.2. The van der Waals surface area contributed by atoms with Gasteiger partial charge < -0.3 is 10.1 Å². The van der Waals surface area contributed by atoms with Crippen LogP contribution in [0.25, 0.3) is 0 Å². The molecule has 26 heavy (non-hydrogen) atoms. The second-order valence-electron chi connectivity index (χ2n) is 5.40. The molecule has 0 unspecified atom stereocenters. The molecule has 0 bridgehead atoms. The maximum absolute atomic E-state index is 12.3. The SMILES string of the molecule is CCOc1ccc(NC(=O)CN(c2ccccc2C#N)S(C)(=O)=O)cc1. The number of hydrogen-bond acceptors (Lipinski definition) is 5. The predicted molar refractivity (Wildman–Crippen MR) is 99.6 cm³/mol. The fourth-order valence-corrected chi connectivity index (χ4v) is 3.17. The topological polar surface area (TPSA) is 99.5 Å². The van der Waals surface area contributed by atoms with E-state index in [0.717, 1.165) is 10.6 Å². The van der Waals surface area contributed by atoms with Crippen molar-refractivity contribution in [2.45, 2.75) is 6.92 Å². The van der Waals surface area contributed by atoms with Crippen molar-refractivity contribution in [2.24, 2.45) is 0 Å². The van der Waals surface area contributed by atoms with Crippen molar-refractivity contribution < 1.29 is 17.9 Å². The lowest BCUT2D eigenvalue weighted by molar-refractivity contribution is -0.114. The van der Waals surface area contributed by atoms with Crippen molar-refractivity contribution in [3.63, 3.8) is 0 Å². The van der Waals surface area contributed by atoms with Crippen LogP contribution in [0.3, 0.4) is 0 Å². The average Bonchev–Trinajstić information content (AvgIpc) is 2.60. The van der Waals surface area contributed by atoms with Gasteiger partial charge in [0.1, 0.15) is 18.4 Å². The van der Waals surface area contributed by atoms with Crippen molar-refractivity contribution in [1.29, 1.82) is 5.26 Å². The maximum Gasteiger partial charge on any atom is 0.245 e. The minimum atomic E-state index is -3.75. The summed E-state index contributed by atoms with van der Waals surface area (Å²) in [4.78, 5) is 12.3. The summed E-state index contributed by atoms with van der Waals surface area (Å²) in [6.45, 7) is 1.96. The maximum atomic E-state index is 12.3. The lowest BCUT2D eigenvalue weighted by Crippen LogP contribution is -2.37. The number of rotatable bonds is 7. The smallest absolute Gasteiger partial charge is 0.245 e. The molecule has 8 heteroatoms. The van der Waals surface area contributed by atoms with Crippen LogP contribution in [0.4, 0.5) is 11.4 Å². The van der Waals surface area contributed by atoms with Crippen LogP contribution in [0, 0.1) is 11.3 Å². The van der Waals surface area contributed by atoms with Crippen LogP contribution in [0.15, 0.2) is 48.5 Å². The van der Waals surface area contributed by atoms with Crippen LogP contribution in [-0.4, -0.2) is 33.7 Å². The highest BCUT2D eigenvalue weighted by Gasteiger charge is 2.23. The number of sulfonamides is 1. The first-order valence-corrected chi connectivity index (χ1v) is 9.69. The zero-order valence-electron chi connectivity index (χ0n) is 14.5. The predicted octanol–water partition coefficient (Wildman–Crippen LogP) is 2.36. The first kappa shape index (κ1) is 19.3. The van der Waals surface area contributed by atoms with E-state index in [9.17, 15) is 18.5 Å². The number of amides is 1. The van der Waals surface area contributed by atoms with Gasteiger partial charge in [0.25, 0.3) is 0 Å². The van der Waals surface area contributed by atoms with Gasteiger partial charge >= 0.3 is 0 Å². The summed E-state index contributed by atoms with van der Waals surface area (Å²) in [5.74, 6) is 0.151. The van der Waals surface area contributed by atoms with Crippen molar-refractivity contribution in [2.75, 3.05) is 29.0 Å². The van der Waals surface area contributed by atoms with Crippen LogP contribution < -0.4 is 14.4 Å². The van der Waals surface area contributed by atoms with E-state index >= 15 is 0 Å². The number of anilines is 2. The molecule has 136 valence electrons. The lowest BCUT2D eigenvalue weighted by Gasteiger charge is -2.22. The van der Waals surface area contributed by atoms with E-state index in [2.05, 4.69) is 5.32 Å². The Morgan fingerprint density at radius 1 is 1.19 bits per heavy atom. The number of nitrogens with zero attached hydrogens (tertiary/aromatic N) is 2. The highest BCUT2D eigenvalue weighted by molar-refractivity contribution is 7.92. The van der Waals surface area contributed by atoms with Gasteiger partial charge in [0, 0.05) is 5.69 Å². The molecule has 0 fully saturated rings. The molecular weight excluding hydrogens is 354 g/mol. The summed E-state index contributed by atoms with van der Waals surface area (Å²) in [6.07, 6.45) is 0.991. The van der Waals surface area contributed by atoms with E-state index in [4.69, 9.17) is 4.74 Å². The van der Waals surface area contributed by atoms with Gasteiger partial charge in [-0.15, -0.1) is 0 Å². The summed E-state index contributed by atoms with van der Waals surface area (Å²) in [5.41, 5.74) is 0.853. The van der Waals surface area contributed by atoms with E-state index in [0.29, 0.717) is 18.0 Å². The van der Waals surface area contributed by atoms with Crippen molar-refractivity contribution in [3.05, 3.63) is 54.1 Å². The lowest BCUT2D eigenvalue weighted by atomic mass is 10.2. The Morgan fingerprint density at radius 3 is 2.42 bits per heavy atom. The summed E-state index contributed by atoms with van der Waals surface area (Å²) >= 11 is 0. The van der Waals surface area contributed by atoms with E-state index in [1.807, 2.05) is 13.0 Å². The summed E-state index contributed by atoms with van der Waals surface area (Å²) in [6, 6.07) is 14.9. The van der Waals surface area contributed by atoms with Crippen LogP contribution in [-0.2, 0) is 14.8 Å². The van der Waals surface area contributed by atoms with Gasteiger partial charge in [0.15, 0.2) is 0 Å². The molecule has 2 aromatic carbocycles. The average molecular weight is 373 g/mol. The summed E-state index contributed by atoms with van der Waals surface area (Å²) in [7, 11) is -3.75. The third kappa shape index (κ3) is 4.97. The van der Waals surface area contributed by atoms with Gasteiger partial charge in [-0.1, -0.05) is 12.1 Å². The normalized spacial score (nSPS) is 10.7. The Hall–Kier alpha value is -3.05. The monoisotopic (exact) mass is 373 g/mol. The van der Waals surface area contributed by atoms with Crippen molar-refractivity contribution >= 4 is 27.3 Å². The number of carbonyl (C=O) groups is 1. The molecule has 0 saturated heterocycles. The van der Waals surface area contributed by atoms with Crippen LogP contribution in [0.5, 0.6) is 5.75 Å². The molecule has 0 aromatic heterocycles. The van der Waals surface area contributed by atoms with E-state index in [1.165, 1.54) is 12.1 Å². The molecule has 0 radical (unpaired) electrons. The minimum absolute atomic E-state index is 0.166. The molecule has 0 saturated carbocycles. The van der Waals surface area contributed by atoms with Gasteiger partial charge in [-0.25, -0.2) is 8.42 Å². The Morgan fingerprint density at radius 2 is 1.85 bits per heavy atom. The quantitative estimate of drug-likeness (QED) is 0.803. The molecule has 0 heterocycles. The molecule has 0 spiro atoms. The van der Waals surface area contributed by atoms with E-state index in [-0.39, 0.29) is 11.3 Å². The molecular formula is C18H19N3O4S. The minimum Gasteiger partial charge on any atom is -0.494 e. The molecule has 0 aliphatic heterocycles. The number of hydrogen-bond donors (Lipinski definition) is 1. The highest BCUT2D eigenvalue weighted by Crippen LogP contribution is 2.22. The molecule has 1 amide bonds. The summed E-state index contributed by atoms with van der Waals surface area (Å²) < 4.78 is 30.5.